The number of aliphatic imine (C=N–C) groups is 1. The van der Waals surface area contributed by atoms with Crippen LogP contribution in [0.4, 0.5) is 11.4 Å². The Kier molecular flexibility index (Phi) is 5.60. The first kappa shape index (κ1) is 18.7. The van der Waals surface area contributed by atoms with E-state index < -0.39 is 0 Å². The third-order valence-corrected chi connectivity index (χ3v) is 4.89. The van der Waals surface area contributed by atoms with Crippen LogP contribution in [0.25, 0.3) is 5.69 Å². The summed E-state index contributed by atoms with van der Waals surface area (Å²) in [5.74, 6) is 0. The summed E-state index contributed by atoms with van der Waals surface area (Å²) in [7, 11) is 1.88. The topological polar surface area (TPSA) is 42.5 Å². The molecule has 2 aromatic carbocycles. The van der Waals surface area contributed by atoms with Gasteiger partial charge >= 0.3 is 0 Å². The zero-order chi connectivity index (χ0) is 19.4. The molecule has 0 spiro atoms. The van der Waals surface area contributed by atoms with Gasteiger partial charge in [-0.25, -0.2) is 9.67 Å². The van der Waals surface area contributed by atoms with E-state index in [1.807, 2.05) is 61.1 Å². The van der Waals surface area contributed by atoms with Gasteiger partial charge in [0.25, 0.3) is 5.56 Å². The predicted octanol–water partition coefficient (Wildman–Crippen LogP) is 4.08. The summed E-state index contributed by atoms with van der Waals surface area (Å²) in [6.07, 6.45) is 1.76. The van der Waals surface area contributed by atoms with Crippen molar-refractivity contribution in [1.82, 2.24) is 9.36 Å². The van der Waals surface area contributed by atoms with Gasteiger partial charge in [0.2, 0.25) is 0 Å². The van der Waals surface area contributed by atoms with E-state index in [0.29, 0.717) is 5.69 Å². The van der Waals surface area contributed by atoms with E-state index >= 15 is 0 Å². The van der Waals surface area contributed by atoms with Crippen LogP contribution in [0.5, 0.6) is 0 Å². The number of aromatic nitrogens is 2. The lowest BCUT2D eigenvalue weighted by Gasteiger charge is -2.20. The lowest BCUT2D eigenvalue weighted by Crippen LogP contribution is -2.21. The minimum absolute atomic E-state index is 0.114. The van der Waals surface area contributed by atoms with Gasteiger partial charge < -0.3 is 4.90 Å². The molecule has 140 valence electrons. The molecular formula is C22H26N4O. The van der Waals surface area contributed by atoms with Gasteiger partial charge in [0, 0.05) is 32.0 Å². The minimum Gasteiger partial charge on any atom is -0.372 e. The maximum absolute atomic E-state index is 12.9. The molecule has 0 aliphatic heterocycles. The first-order valence-electron chi connectivity index (χ1n) is 9.29. The number of hydrogen-bond acceptors (Lipinski definition) is 3. The fourth-order valence-electron chi connectivity index (χ4n) is 3.20. The predicted molar refractivity (Wildman–Crippen MR) is 113 cm³/mol. The Labute approximate surface area is 160 Å². The van der Waals surface area contributed by atoms with Gasteiger partial charge in [-0.2, -0.15) is 0 Å². The molecular weight excluding hydrogens is 336 g/mol. The van der Waals surface area contributed by atoms with E-state index in [0.717, 1.165) is 30.0 Å². The molecule has 0 aliphatic rings. The standard InChI is InChI=1S/C22H26N4O/c1-5-25(6-2)19-14-12-18(13-15-19)16-23-21-17(3)24(4)26(22(21)27)20-10-8-7-9-11-20/h7-16H,5-6H2,1-4H3. The quantitative estimate of drug-likeness (QED) is 0.620. The Morgan fingerprint density at radius 1 is 1.00 bits per heavy atom. The molecule has 0 amide bonds. The monoisotopic (exact) mass is 362 g/mol. The van der Waals surface area contributed by atoms with Crippen molar-refractivity contribution in [3.63, 3.8) is 0 Å². The van der Waals surface area contributed by atoms with Crippen molar-refractivity contribution >= 4 is 17.6 Å². The molecule has 5 heteroatoms. The van der Waals surface area contributed by atoms with Gasteiger partial charge in [0.05, 0.1) is 11.4 Å². The Bertz CT molecular complexity index is 978. The maximum atomic E-state index is 12.9. The molecule has 0 fully saturated rings. The van der Waals surface area contributed by atoms with E-state index in [1.54, 1.807) is 10.9 Å². The highest BCUT2D eigenvalue weighted by Crippen LogP contribution is 2.18. The fraction of sp³-hybridized carbons (Fsp3) is 0.273. The van der Waals surface area contributed by atoms with Crippen molar-refractivity contribution in [2.75, 3.05) is 18.0 Å². The molecule has 1 heterocycles. The molecule has 0 unspecified atom stereocenters. The first-order chi connectivity index (χ1) is 13.1. The summed E-state index contributed by atoms with van der Waals surface area (Å²) < 4.78 is 3.49. The highest BCUT2D eigenvalue weighted by Gasteiger charge is 2.14. The van der Waals surface area contributed by atoms with Crippen molar-refractivity contribution in [2.45, 2.75) is 20.8 Å². The van der Waals surface area contributed by atoms with Gasteiger partial charge in [-0.05, 0) is 50.6 Å². The first-order valence-corrected chi connectivity index (χ1v) is 9.29. The summed E-state index contributed by atoms with van der Waals surface area (Å²) in [5.41, 5.74) is 4.18. The number of hydrogen-bond donors (Lipinski definition) is 0. The largest absolute Gasteiger partial charge is 0.372 e. The molecule has 5 nitrogen and oxygen atoms in total. The fourth-order valence-corrected chi connectivity index (χ4v) is 3.20. The van der Waals surface area contributed by atoms with Crippen LogP contribution in [-0.4, -0.2) is 28.7 Å². The van der Waals surface area contributed by atoms with Crippen molar-refractivity contribution in [3.05, 3.63) is 76.2 Å². The summed E-state index contributed by atoms with van der Waals surface area (Å²) in [4.78, 5) is 19.7. The molecule has 3 aromatic rings. The van der Waals surface area contributed by atoms with Crippen LogP contribution >= 0.6 is 0 Å². The van der Waals surface area contributed by atoms with Crippen LogP contribution in [0, 0.1) is 6.92 Å². The molecule has 1 aromatic heterocycles. The van der Waals surface area contributed by atoms with Crippen LogP contribution in [0.1, 0.15) is 25.1 Å². The summed E-state index contributed by atoms with van der Waals surface area (Å²) >= 11 is 0. The average molecular weight is 362 g/mol. The van der Waals surface area contributed by atoms with Gasteiger partial charge in [0.1, 0.15) is 0 Å². The van der Waals surface area contributed by atoms with Gasteiger partial charge in [-0.15, -0.1) is 0 Å². The zero-order valence-electron chi connectivity index (χ0n) is 16.4. The third-order valence-electron chi connectivity index (χ3n) is 4.89. The van der Waals surface area contributed by atoms with E-state index in [-0.39, 0.29) is 5.56 Å². The number of anilines is 1. The Morgan fingerprint density at radius 3 is 2.22 bits per heavy atom. The number of benzene rings is 2. The minimum atomic E-state index is -0.114. The molecule has 0 saturated carbocycles. The molecule has 0 radical (unpaired) electrons. The van der Waals surface area contributed by atoms with Crippen LogP contribution in [-0.2, 0) is 7.05 Å². The van der Waals surface area contributed by atoms with Crippen LogP contribution in [0.3, 0.4) is 0 Å². The van der Waals surface area contributed by atoms with Crippen molar-refractivity contribution in [3.8, 4) is 5.69 Å². The third kappa shape index (κ3) is 3.72. The summed E-state index contributed by atoms with van der Waals surface area (Å²) in [6.45, 7) is 8.17. The summed E-state index contributed by atoms with van der Waals surface area (Å²) in [6, 6.07) is 17.9. The van der Waals surface area contributed by atoms with Crippen LogP contribution in [0.2, 0.25) is 0 Å². The lowest BCUT2D eigenvalue weighted by atomic mass is 10.2. The Morgan fingerprint density at radius 2 is 1.63 bits per heavy atom. The maximum Gasteiger partial charge on any atom is 0.297 e. The smallest absolute Gasteiger partial charge is 0.297 e. The van der Waals surface area contributed by atoms with Gasteiger partial charge in [-0.1, -0.05) is 30.3 Å². The van der Waals surface area contributed by atoms with Gasteiger partial charge in [0.15, 0.2) is 5.69 Å². The SMILES string of the molecule is CCN(CC)c1ccc(C=Nc2c(C)n(C)n(-c3ccccc3)c2=O)cc1. The van der Waals surface area contributed by atoms with E-state index in [9.17, 15) is 4.79 Å². The highest BCUT2D eigenvalue weighted by molar-refractivity contribution is 5.82. The molecule has 0 bridgehead atoms. The highest BCUT2D eigenvalue weighted by atomic mass is 16.1. The second-order valence-electron chi connectivity index (χ2n) is 6.43. The lowest BCUT2D eigenvalue weighted by molar-refractivity contribution is 0.630. The van der Waals surface area contributed by atoms with Crippen molar-refractivity contribution in [2.24, 2.45) is 12.0 Å². The second-order valence-corrected chi connectivity index (χ2v) is 6.43. The Balaban J connectivity index is 1.91. The van der Waals surface area contributed by atoms with E-state index in [1.165, 1.54) is 5.69 Å². The molecule has 0 saturated heterocycles. The zero-order valence-corrected chi connectivity index (χ0v) is 16.4. The number of nitrogens with zero attached hydrogens (tertiary/aromatic N) is 4. The molecule has 0 N–H and O–H groups in total. The molecule has 0 atom stereocenters. The normalized spacial score (nSPS) is 11.3. The van der Waals surface area contributed by atoms with Crippen molar-refractivity contribution in [1.29, 1.82) is 0 Å². The molecule has 3 rings (SSSR count). The Hall–Kier alpha value is -3.08. The number of rotatable bonds is 6. The van der Waals surface area contributed by atoms with Crippen LogP contribution < -0.4 is 10.5 Å². The number of para-hydroxylation sites is 1. The van der Waals surface area contributed by atoms with Gasteiger partial charge in [-0.3, -0.25) is 9.48 Å². The average Bonchev–Trinajstić information content (AvgIpc) is 2.91. The van der Waals surface area contributed by atoms with Crippen LogP contribution in [0.15, 0.2) is 64.4 Å². The molecule has 27 heavy (non-hydrogen) atoms. The van der Waals surface area contributed by atoms with E-state index in [4.69, 9.17) is 0 Å². The molecule has 0 aliphatic carbocycles. The summed E-state index contributed by atoms with van der Waals surface area (Å²) in [5, 5.41) is 0. The second kappa shape index (κ2) is 8.08. The van der Waals surface area contributed by atoms with Crippen molar-refractivity contribution < 1.29 is 0 Å². The van der Waals surface area contributed by atoms with E-state index in [2.05, 4.69) is 35.9 Å².